The van der Waals surface area contributed by atoms with Gasteiger partial charge in [0, 0.05) is 12.1 Å². The maximum absolute atomic E-state index is 3.66. The Kier molecular flexibility index (Phi) is 3.09. The van der Waals surface area contributed by atoms with Crippen molar-refractivity contribution in [3.05, 3.63) is 0 Å². The van der Waals surface area contributed by atoms with E-state index in [1.165, 1.54) is 51.9 Å². The summed E-state index contributed by atoms with van der Waals surface area (Å²) < 4.78 is 0. The molecule has 0 saturated carbocycles. The lowest BCUT2D eigenvalue weighted by atomic mass is 9.82. The van der Waals surface area contributed by atoms with Crippen LogP contribution in [-0.4, -0.2) is 36.6 Å². The lowest BCUT2D eigenvalue weighted by molar-refractivity contribution is 0.107. The van der Waals surface area contributed by atoms with Crippen molar-refractivity contribution in [1.29, 1.82) is 0 Å². The molecule has 2 fully saturated rings. The van der Waals surface area contributed by atoms with Gasteiger partial charge in [0.2, 0.25) is 0 Å². The van der Waals surface area contributed by atoms with Crippen LogP contribution in [0.1, 0.15) is 46.5 Å². The molecular weight excluding hydrogens is 184 g/mol. The zero-order valence-corrected chi connectivity index (χ0v) is 10.6. The molecule has 0 aliphatic carbocycles. The molecule has 2 saturated heterocycles. The third-order valence-corrected chi connectivity index (χ3v) is 4.24. The van der Waals surface area contributed by atoms with Crippen molar-refractivity contribution in [3.8, 4) is 0 Å². The third-order valence-electron chi connectivity index (χ3n) is 4.24. The lowest BCUT2D eigenvalue weighted by Gasteiger charge is -2.40. The molecule has 0 amide bonds. The highest BCUT2D eigenvalue weighted by molar-refractivity contribution is 4.92. The van der Waals surface area contributed by atoms with Gasteiger partial charge in [-0.2, -0.15) is 0 Å². The molecule has 2 rings (SSSR count). The fourth-order valence-corrected chi connectivity index (χ4v) is 2.90. The summed E-state index contributed by atoms with van der Waals surface area (Å²) in [6.45, 7) is 12.3. The van der Waals surface area contributed by atoms with Crippen molar-refractivity contribution in [2.45, 2.75) is 52.0 Å². The maximum Gasteiger partial charge on any atom is 0.0280 e. The first-order valence-corrected chi connectivity index (χ1v) is 6.47. The second-order valence-corrected chi connectivity index (χ2v) is 6.53. The lowest BCUT2D eigenvalue weighted by Crippen LogP contribution is -2.50. The number of nitrogens with zero attached hydrogens (tertiary/aromatic N) is 1. The molecule has 2 nitrogen and oxygen atoms in total. The molecule has 0 aromatic carbocycles. The van der Waals surface area contributed by atoms with Gasteiger partial charge in [0.05, 0.1) is 0 Å². The highest BCUT2D eigenvalue weighted by Gasteiger charge is 2.33. The zero-order valence-electron chi connectivity index (χ0n) is 10.6. The summed E-state index contributed by atoms with van der Waals surface area (Å²) in [7, 11) is 0. The Morgan fingerprint density at radius 1 is 1.07 bits per heavy atom. The van der Waals surface area contributed by atoms with Crippen LogP contribution in [0, 0.1) is 5.41 Å². The van der Waals surface area contributed by atoms with Gasteiger partial charge < -0.3 is 10.2 Å². The van der Waals surface area contributed by atoms with Crippen LogP contribution in [0.5, 0.6) is 0 Å². The highest BCUT2D eigenvalue weighted by Crippen LogP contribution is 2.31. The minimum atomic E-state index is 0.404. The van der Waals surface area contributed by atoms with Gasteiger partial charge in [0.25, 0.3) is 0 Å². The standard InChI is InChI=1S/C13H26N2/c1-12(2)6-9-15(10-7-12)11-13(3)5-4-8-14-13/h14H,4-11H2,1-3H3. The van der Waals surface area contributed by atoms with E-state index in [4.69, 9.17) is 0 Å². The van der Waals surface area contributed by atoms with Crippen molar-refractivity contribution >= 4 is 0 Å². The molecule has 2 aliphatic heterocycles. The smallest absolute Gasteiger partial charge is 0.0280 e. The second-order valence-electron chi connectivity index (χ2n) is 6.53. The Hall–Kier alpha value is -0.0800. The van der Waals surface area contributed by atoms with Gasteiger partial charge in [-0.15, -0.1) is 0 Å². The Balaban J connectivity index is 1.81. The summed E-state index contributed by atoms with van der Waals surface area (Å²) >= 11 is 0. The largest absolute Gasteiger partial charge is 0.310 e. The zero-order chi connectivity index (χ0) is 10.9. The summed E-state index contributed by atoms with van der Waals surface area (Å²) in [4.78, 5) is 2.66. The predicted octanol–water partition coefficient (Wildman–Crippen LogP) is 2.25. The predicted molar refractivity (Wildman–Crippen MR) is 65.1 cm³/mol. The molecule has 1 N–H and O–H groups in total. The van der Waals surface area contributed by atoms with Gasteiger partial charge in [-0.25, -0.2) is 0 Å². The molecule has 0 aromatic heterocycles. The molecule has 15 heavy (non-hydrogen) atoms. The third kappa shape index (κ3) is 2.94. The molecule has 0 bridgehead atoms. The monoisotopic (exact) mass is 210 g/mol. The summed E-state index contributed by atoms with van der Waals surface area (Å²) in [6, 6.07) is 0. The van der Waals surface area contributed by atoms with E-state index in [0.717, 1.165) is 0 Å². The fraction of sp³-hybridized carbons (Fsp3) is 1.00. The van der Waals surface area contributed by atoms with Gasteiger partial charge in [-0.3, -0.25) is 0 Å². The van der Waals surface area contributed by atoms with E-state index >= 15 is 0 Å². The minimum absolute atomic E-state index is 0.404. The van der Waals surface area contributed by atoms with Crippen LogP contribution in [0.15, 0.2) is 0 Å². The van der Waals surface area contributed by atoms with Crippen molar-refractivity contribution in [3.63, 3.8) is 0 Å². The van der Waals surface area contributed by atoms with E-state index in [0.29, 0.717) is 11.0 Å². The first-order valence-electron chi connectivity index (χ1n) is 6.47. The quantitative estimate of drug-likeness (QED) is 0.752. The van der Waals surface area contributed by atoms with E-state index < -0.39 is 0 Å². The molecule has 88 valence electrons. The van der Waals surface area contributed by atoms with Crippen molar-refractivity contribution in [2.24, 2.45) is 5.41 Å². The van der Waals surface area contributed by atoms with Crippen LogP contribution in [0.4, 0.5) is 0 Å². The summed E-state index contributed by atoms with van der Waals surface area (Å²) in [5, 5.41) is 3.66. The Bertz CT molecular complexity index is 207. The molecule has 1 atom stereocenters. The first-order chi connectivity index (χ1) is 6.99. The maximum atomic E-state index is 3.66. The van der Waals surface area contributed by atoms with Crippen molar-refractivity contribution < 1.29 is 0 Å². The van der Waals surface area contributed by atoms with Gasteiger partial charge in [0.1, 0.15) is 0 Å². The summed E-state index contributed by atoms with van der Waals surface area (Å²) in [5.41, 5.74) is 0.988. The molecule has 2 heterocycles. The average molecular weight is 210 g/mol. The molecule has 0 spiro atoms. The van der Waals surface area contributed by atoms with Crippen LogP contribution in [0.3, 0.4) is 0 Å². The Morgan fingerprint density at radius 3 is 2.27 bits per heavy atom. The van der Waals surface area contributed by atoms with E-state index in [1.807, 2.05) is 0 Å². The van der Waals surface area contributed by atoms with Crippen LogP contribution < -0.4 is 5.32 Å². The molecule has 0 radical (unpaired) electrons. The molecule has 2 heteroatoms. The number of nitrogens with one attached hydrogen (secondary N) is 1. The number of piperidine rings is 1. The van der Waals surface area contributed by atoms with Crippen LogP contribution >= 0.6 is 0 Å². The van der Waals surface area contributed by atoms with Gasteiger partial charge in [-0.1, -0.05) is 13.8 Å². The van der Waals surface area contributed by atoms with Gasteiger partial charge in [-0.05, 0) is 57.7 Å². The SMILES string of the molecule is CC1(C)CCN(CC2(C)CCCN2)CC1. The molecular formula is C13H26N2. The van der Waals surface area contributed by atoms with Gasteiger partial charge in [0.15, 0.2) is 0 Å². The van der Waals surface area contributed by atoms with Crippen LogP contribution in [0.25, 0.3) is 0 Å². The molecule has 1 unspecified atom stereocenters. The normalized spacial score (nSPS) is 37.0. The average Bonchev–Trinajstić information content (AvgIpc) is 2.57. The van der Waals surface area contributed by atoms with E-state index in [9.17, 15) is 0 Å². The van der Waals surface area contributed by atoms with Crippen LogP contribution in [0.2, 0.25) is 0 Å². The topological polar surface area (TPSA) is 15.3 Å². The minimum Gasteiger partial charge on any atom is -0.310 e. The van der Waals surface area contributed by atoms with Crippen LogP contribution in [-0.2, 0) is 0 Å². The van der Waals surface area contributed by atoms with E-state index in [2.05, 4.69) is 31.0 Å². The first kappa shape index (κ1) is 11.4. The van der Waals surface area contributed by atoms with Crippen molar-refractivity contribution in [1.82, 2.24) is 10.2 Å². The van der Waals surface area contributed by atoms with Crippen molar-refractivity contribution in [2.75, 3.05) is 26.2 Å². The number of rotatable bonds is 2. The Labute approximate surface area is 94.4 Å². The highest BCUT2D eigenvalue weighted by atomic mass is 15.2. The molecule has 0 aromatic rings. The van der Waals surface area contributed by atoms with Gasteiger partial charge >= 0.3 is 0 Å². The Morgan fingerprint density at radius 2 is 1.73 bits per heavy atom. The number of hydrogen-bond acceptors (Lipinski definition) is 2. The second kappa shape index (κ2) is 4.06. The van der Waals surface area contributed by atoms with E-state index in [1.54, 1.807) is 0 Å². The number of hydrogen-bond donors (Lipinski definition) is 1. The number of likely N-dealkylation sites (tertiary alicyclic amines) is 1. The fourth-order valence-electron chi connectivity index (χ4n) is 2.90. The molecule has 2 aliphatic rings. The summed E-state index contributed by atoms with van der Waals surface area (Å²) in [5.74, 6) is 0. The van der Waals surface area contributed by atoms with E-state index in [-0.39, 0.29) is 0 Å². The summed E-state index contributed by atoms with van der Waals surface area (Å²) in [6.07, 6.45) is 5.44.